The molecule has 90 valence electrons. The summed E-state index contributed by atoms with van der Waals surface area (Å²) in [6.45, 7) is 8.55. The number of nitrogens with zero attached hydrogens (tertiary/aromatic N) is 1. The maximum absolute atomic E-state index is 12.8. The number of rotatable bonds is 6. The molecule has 0 spiro atoms. The highest BCUT2D eigenvalue weighted by atomic mass is 19.1. The highest BCUT2D eigenvalue weighted by molar-refractivity contribution is 5.45. The monoisotopic (exact) mass is 225 g/mol. The van der Waals surface area contributed by atoms with Gasteiger partial charge in [-0.05, 0) is 45.0 Å². The fraction of sp³-hybridized carbons (Fsp3) is 0.538. The summed E-state index contributed by atoms with van der Waals surface area (Å²) in [4.78, 5) is 2.17. The van der Waals surface area contributed by atoms with Crippen LogP contribution < -0.4 is 4.90 Å². The normalized spacial score (nSPS) is 10.8. The number of hydrogen-bond acceptors (Lipinski definition) is 2. The molecule has 1 rings (SSSR count). The Kier molecular flexibility index (Phi) is 5.26. The first kappa shape index (κ1) is 13.0. The SMILES string of the molecule is CCN(CCOC(C)C)c1ccc(F)cc1. The second kappa shape index (κ2) is 6.48. The number of benzene rings is 1. The van der Waals surface area contributed by atoms with Crippen molar-refractivity contribution in [1.29, 1.82) is 0 Å². The van der Waals surface area contributed by atoms with Gasteiger partial charge in [0.15, 0.2) is 0 Å². The van der Waals surface area contributed by atoms with E-state index in [0.717, 1.165) is 18.8 Å². The molecular formula is C13H20FNO. The average molecular weight is 225 g/mol. The van der Waals surface area contributed by atoms with E-state index in [9.17, 15) is 4.39 Å². The fourth-order valence-electron chi connectivity index (χ4n) is 1.52. The van der Waals surface area contributed by atoms with Crippen LogP contribution in [0.5, 0.6) is 0 Å². The molecule has 1 aromatic rings. The first-order chi connectivity index (χ1) is 7.63. The molecule has 1 aromatic carbocycles. The van der Waals surface area contributed by atoms with Gasteiger partial charge in [0, 0.05) is 18.8 Å². The number of anilines is 1. The highest BCUT2D eigenvalue weighted by Crippen LogP contribution is 2.14. The van der Waals surface area contributed by atoms with Crippen molar-refractivity contribution >= 4 is 5.69 Å². The fourth-order valence-corrected chi connectivity index (χ4v) is 1.52. The summed E-state index contributed by atoms with van der Waals surface area (Å²) in [6.07, 6.45) is 0.256. The van der Waals surface area contributed by atoms with Crippen molar-refractivity contribution in [3.8, 4) is 0 Å². The van der Waals surface area contributed by atoms with Crippen LogP contribution >= 0.6 is 0 Å². The van der Waals surface area contributed by atoms with Gasteiger partial charge in [0.05, 0.1) is 12.7 Å². The van der Waals surface area contributed by atoms with E-state index in [1.54, 1.807) is 12.1 Å². The van der Waals surface area contributed by atoms with Gasteiger partial charge < -0.3 is 9.64 Å². The van der Waals surface area contributed by atoms with Crippen LogP contribution in [0.2, 0.25) is 0 Å². The van der Waals surface area contributed by atoms with Crippen molar-refractivity contribution in [2.75, 3.05) is 24.6 Å². The lowest BCUT2D eigenvalue weighted by Crippen LogP contribution is -2.27. The molecule has 0 aliphatic heterocycles. The van der Waals surface area contributed by atoms with Gasteiger partial charge in [-0.1, -0.05) is 0 Å². The summed E-state index contributed by atoms with van der Waals surface area (Å²) in [6, 6.07) is 6.57. The standard InChI is InChI=1S/C13H20FNO/c1-4-15(9-10-16-11(2)3)13-7-5-12(14)6-8-13/h5-8,11H,4,9-10H2,1-3H3. The van der Waals surface area contributed by atoms with Crippen LogP contribution in [0.3, 0.4) is 0 Å². The van der Waals surface area contributed by atoms with Gasteiger partial charge in [0.2, 0.25) is 0 Å². The topological polar surface area (TPSA) is 12.5 Å². The Labute approximate surface area is 97.0 Å². The lowest BCUT2D eigenvalue weighted by Gasteiger charge is -2.23. The third-order valence-electron chi connectivity index (χ3n) is 2.39. The number of halogens is 1. The number of hydrogen-bond donors (Lipinski definition) is 0. The van der Waals surface area contributed by atoms with E-state index < -0.39 is 0 Å². The molecule has 0 aliphatic carbocycles. The Morgan fingerprint density at radius 2 is 1.88 bits per heavy atom. The van der Waals surface area contributed by atoms with Crippen LogP contribution in [0.1, 0.15) is 20.8 Å². The van der Waals surface area contributed by atoms with E-state index in [2.05, 4.69) is 11.8 Å². The molecule has 16 heavy (non-hydrogen) atoms. The van der Waals surface area contributed by atoms with Gasteiger partial charge in [-0.3, -0.25) is 0 Å². The van der Waals surface area contributed by atoms with E-state index in [-0.39, 0.29) is 11.9 Å². The highest BCUT2D eigenvalue weighted by Gasteiger charge is 2.04. The van der Waals surface area contributed by atoms with E-state index in [1.165, 1.54) is 12.1 Å². The second-order valence-electron chi connectivity index (χ2n) is 3.98. The molecule has 0 amide bonds. The maximum Gasteiger partial charge on any atom is 0.123 e. The molecule has 0 saturated heterocycles. The second-order valence-corrected chi connectivity index (χ2v) is 3.98. The van der Waals surface area contributed by atoms with Crippen molar-refractivity contribution in [2.24, 2.45) is 0 Å². The number of likely N-dealkylation sites (N-methyl/N-ethyl adjacent to an activating group) is 1. The Morgan fingerprint density at radius 3 is 2.38 bits per heavy atom. The maximum atomic E-state index is 12.8. The van der Waals surface area contributed by atoms with E-state index >= 15 is 0 Å². The van der Waals surface area contributed by atoms with Gasteiger partial charge in [0.25, 0.3) is 0 Å². The minimum atomic E-state index is -0.196. The molecule has 0 fully saturated rings. The van der Waals surface area contributed by atoms with Gasteiger partial charge in [-0.2, -0.15) is 0 Å². The molecule has 0 aliphatic rings. The molecule has 0 saturated carbocycles. The molecule has 0 heterocycles. The predicted molar refractivity (Wildman–Crippen MR) is 65.4 cm³/mol. The molecule has 3 heteroatoms. The minimum absolute atomic E-state index is 0.196. The van der Waals surface area contributed by atoms with Crippen molar-refractivity contribution < 1.29 is 9.13 Å². The van der Waals surface area contributed by atoms with Crippen molar-refractivity contribution in [3.05, 3.63) is 30.1 Å². The van der Waals surface area contributed by atoms with Crippen molar-refractivity contribution in [2.45, 2.75) is 26.9 Å². The van der Waals surface area contributed by atoms with E-state index in [4.69, 9.17) is 4.74 Å². The third kappa shape index (κ3) is 4.19. The summed E-state index contributed by atoms with van der Waals surface area (Å²) in [5, 5.41) is 0. The summed E-state index contributed by atoms with van der Waals surface area (Å²) in [7, 11) is 0. The molecule has 2 nitrogen and oxygen atoms in total. The van der Waals surface area contributed by atoms with E-state index in [1.807, 2.05) is 13.8 Å². The summed E-state index contributed by atoms with van der Waals surface area (Å²) in [5.41, 5.74) is 1.04. The largest absolute Gasteiger partial charge is 0.377 e. The average Bonchev–Trinajstić information content (AvgIpc) is 2.26. The summed E-state index contributed by atoms with van der Waals surface area (Å²) < 4.78 is 18.3. The lowest BCUT2D eigenvalue weighted by molar-refractivity contribution is 0.0842. The van der Waals surface area contributed by atoms with Crippen LogP contribution in [0, 0.1) is 5.82 Å². The van der Waals surface area contributed by atoms with Crippen LogP contribution in [0.4, 0.5) is 10.1 Å². The van der Waals surface area contributed by atoms with Crippen molar-refractivity contribution in [1.82, 2.24) is 0 Å². The van der Waals surface area contributed by atoms with Gasteiger partial charge in [-0.25, -0.2) is 4.39 Å². The van der Waals surface area contributed by atoms with Crippen LogP contribution in [-0.2, 0) is 4.74 Å². The predicted octanol–water partition coefficient (Wildman–Crippen LogP) is 3.08. The van der Waals surface area contributed by atoms with Gasteiger partial charge in [0.1, 0.15) is 5.82 Å². The van der Waals surface area contributed by atoms with Crippen LogP contribution in [-0.4, -0.2) is 25.8 Å². The summed E-state index contributed by atoms with van der Waals surface area (Å²) >= 11 is 0. The smallest absolute Gasteiger partial charge is 0.123 e. The Balaban J connectivity index is 2.50. The van der Waals surface area contributed by atoms with E-state index in [0.29, 0.717) is 6.61 Å². The molecule has 0 N–H and O–H groups in total. The van der Waals surface area contributed by atoms with Gasteiger partial charge >= 0.3 is 0 Å². The quantitative estimate of drug-likeness (QED) is 0.737. The molecule has 0 aromatic heterocycles. The molecule has 0 atom stereocenters. The zero-order chi connectivity index (χ0) is 12.0. The van der Waals surface area contributed by atoms with Crippen LogP contribution in [0.15, 0.2) is 24.3 Å². The molecule has 0 unspecified atom stereocenters. The zero-order valence-electron chi connectivity index (χ0n) is 10.2. The summed E-state index contributed by atoms with van der Waals surface area (Å²) in [5.74, 6) is -0.196. The van der Waals surface area contributed by atoms with Crippen LogP contribution in [0.25, 0.3) is 0 Å². The molecule has 0 radical (unpaired) electrons. The number of ether oxygens (including phenoxy) is 1. The van der Waals surface area contributed by atoms with Gasteiger partial charge in [-0.15, -0.1) is 0 Å². The minimum Gasteiger partial charge on any atom is -0.377 e. The third-order valence-corrected chi connectivity index (χ3v) is 2.39. The zero-order valence-corrected chi connectivity index (χ0v) is 10.2. The van der Waals surface area contributed by atoms with Crippen molar-refractivity contribution in [3.63, 3.8) is 0 Å². The Hall–Kier alpha value is -1.09. The Morgan fingerprint density at radius 1 is 1.25 bits per heavy atom. The first-order valence-electron chi connectivity index (χ1n) is 5.75. The first-order valence-corrected chi connectivity index (χ1v) is 5.75. The molecular weight excluding hydrogens is 205 g/mol. The lowest BCUT2D eigenvalue weighted by atomic mass is 10.3. The Bertz CT molecular complexity index is 297. The molecule has 0 bridgehead atoms.